The molecule has 2 aromatic carbocycles. The first-order chi connectivity index (χ1) is 25.5. The fraction of sp³-hybridized carbons (Fsp3) is 0.548. The van der Waals surface area contributed by atoms with Crippen molar-refractivity contribution in [2.45, 2.75) is 83.8 Å². The first-order valence-corrected chi connectivity index (χ1v) is 21.6. The number of fused-ring (bicyclic) bond motifs is 4. The maximum absolute atomic E-state index is 17.4. The van der Waals surface area contributed by atoms with Crippen molar-refractivity contribution in [1.82, 2.24) is 20.3 Å². The maximum atomic E-state index is 17.4. The van der Waals surface area contributed by atoms with Gasteiger partial charge < -0.3 is 24.4 Å². The minimum Gasteiger partial charge on any atom is -0.468 e. The van der Waals surface area contributed by atoms with Gasteiger partial charge in [0.1, 0.15) is 36.7 Å². The number of nitrogens with one attached hydrogen (secondary N) is 1. The molecule has 0 amide bonds. The van der Waals surface area contributed by atoms with Crippen LogP contribution in [0.2, 0.25) is 16.6 Å². The fourth-order valence-electron chi connectivity index (χ4n) is 9.48. The Hall–Kier alpha value is -3.85. The molecule has 3 aliphatic rings. The number of piperidine rings is 1. The van der Waals surface area contributed by atoms with E-state index in [1.54, 1.807) is 18.3 Å². The highest BCUT2D eigenvalue weighted by Crippen LogP contribution is 2.44. The lowest BCUT2D eigenvalue weighted by Crippen LogP contribution is -2.43. The van der Waals surface area contributed by atoms with Crippen LogP contribution in [-0.4, -0.2) is 69.7 Å². The Labute approximate surface area is 313 Å². The van der Waals surface area contributed by atoms with Gasteiger partial charge in [0.2, 0.25) is 0 Å². The SMILES string of the molecule is COCOc1cc(-c2ncc3c(N4CC5CCC(C5)C4)nc(OCC4CCNC4)nc3c2F)c2c(C#C[Si](C(C)C)(C(C)C)C(C)C)c(F)ccc2c1. The van der Waals surface area contributed by atoms with Crippen molar-refractivity contribution >= 4 is 35.6 Å². The van der Waals surface area contributed by atoms with Crippen molar-refractivity contribution in [3.05, 3.63) is 47.7 Å². The molecule has 1 N–H and O–H groups in total. The van der Waals surface area contributed by atoms with Crippen LogP contribution < -0.4 is 19.7 Å². The van der Waals surface area contributed by atoms with Crippen LogP contribution in [0.1, 0.15) is 72.8 Å². The van der Waals surface area contributed by atoms with Crippen LogP contribution in [0, 0.1) is 40.9 Å². The van der Waals surface area contributed by atoms with Gasteiger partial charge in [-0.3, -0.25) is 4.98 Å². The van der Waals surface area contributed by atoms with Gasteiger partial charge in [-0.2, -0.15) is 9.97 Å². The number of halogens is 2. The molecule has 1 aliphatic carbocycles. The minimum absolute atomic E-state index is 0.0106. The van der Waals surface area contributed by atoms with E-state index in [-0.39, 0.29) is 29.6 Å². The average molecular weight is 742 g/mol. The number of benzene rings is 2. The molecule has 4 heterocycles. The Morgan fingerprint density at radius 1 is 0.962 bits per heavy atom. The Kier molecular flexibility index (Phi) is 10.9. The standard InChI is InChI=1S/C42H53F2N5O3Si/c1-25(2)53(26(3)4,27(5)6)15-13-33-36(43)11-10-31-17-32(52-24-50-7)18-34(37(31)33)39-38(44)40-35(20-46-39)41(49-21-28-8-9-29(16-28)22-49)48-42(47-40)51-23-30-12-14-45-19-30/h10-11,17-18,20,25-30,45H,8-9,12,14,16,19,21-24H2,1-7H3. The van der Waals surface area contributed by atoms with Gasteiger partial charge in [-0.25, -0.2) is 8.78 Å². The third kappa shape index (κ3) is 7.22. The van der Waals surface area contributed by atoms with E-state index >= 15 is 8.78 Å². The highest BCUT2D eigenvalue weighted by Gasteiger charge is 2.42. The molecule has 2 aliphatic heterocycles. The van der Waals surface area contributed by atoms with Crippen molar-refractivity contribution in [3.63, 3.8) is 0 Å². The van der Waals surface area contributed by atoms with E-state index in [1.807, 2.05) is 6.07 Å². The van der Waals surface area contributed by atoms with Gasteiger partial charge >= 0.3 is 6.01 Å². The fourth-order valence-corrected chi connectivity index (χ4v) is 14.7. The Bertz CT molecular complexity index is 2010. The zero-order valence-electron chi connectivity index (χ0n) is 32.2. The lowest BCUT2D eigenvalue weighted by molar-refractivity contribution is 0.0512. The summed E-state index contributed by atoms with van der Waals surface area (Å²) >= 11 is 0. The maximum Gasteiger partial charge on any atom is 0.319 e. The molecule has 8 nitrogen and oxygen atoms in total. The summed E-state index contributed by atoms with van der Waals surface area (Å²) in [6.45, 7) is 17.3. The molecule has 11 heteroatoms. The second kappa shape index (κ2) is 15.5. The quantitative estimate of drug-likeness (QED) is 0.0928. The van der Waals surface area contributed by atoms with E-state index in [2.05, 4.69) is 63.2 Å². The van der Waals surface area contributed by atoms with Gasteiger partial charge in [0.25, 0.3) is 0 Å². The van der Waals surface area contributed by atoms with Crippen molar-refractivity contribution in [2.75, 3.05) is 51.6 Å². The van der Waals surface area contributed by atoms with E-state index in [0.29, 0.717) is 74.3 Å². The Balaban J connectivity index is 1.43. The second-order valence-corrected chi connectivity index (χ2v) is 21.9. The molecule has 4 aromatic rings. The molecule has 3 unspecified atom stereocenters. The molecule has 2 aromatic heterocycles. The molecule has 0 radical (unpaired) electrons. The number of rotatable bonds is 11. The summed E-state index contributed by atoms with van der Waals surface area (Å²) in [7, 11) is -0.704. The first kappa shape index (κ1) is 37.5. The highest BCUT2D eigenvalue weighted by molar-refractivity contribution is 6.90. The zero-order valence-corrected chi connectivity index (χ0v) is 33.2. The first-order valence-electron chi connectivity index (χ1n) is 19.4. The van der Waals surface area contributed by atoms with E-state index in [1.165, 1.54) is 32.4 Å². The summed E-state index contributed by atoms with van der Waals surface area (Å²) in [6, 6.07) is 6.79. The van der Waals surface area contributed by atoms with E-state index in [9.17, 15) is 0 Å². The van der Waals surface area contributed by atoms with Gasteiger partial charge in [0.05, 0.1) is 17.6 Å². The Morgan fingerprint density at radius 3 is 2.36 bits per heavy atom. The van der Waals surface area contributed by atoms with Crippen molar-refractivity contribution in [3.8, 4) is 34.5 Å². The summed E-state index contributed by atoms with van der Waals surface area (Å²) in [5.74, 6) is 4.88. The molecular weight excluding hydrogens is 689 g/mol. The Morgan fingerprint density at radius 2 is 1.70 bits per heavy atom. The average Bonchev–Trinajstić information content (AvgIpc) is 3.78. The molecule has 3 fully saturated rings. The lowest BCUT2D eigenvalue weighted by atomic mass is 9.95. The summed E-state index contributed by atoms with van der Waals surface area (Å²) in [5.41, 5.74) is 5.52. The zero-order chi connectivity index (χ0) is 37.4. The van der Waals surface area contributed by atoms with Crippen LogP contribution in [0.15, 0.2) is 30.5 Å². The van der Waals surface area contributed by atoms with Gasteiger partial charge in [-0.05, 0) is 84.3 Å². The number of ether oxygens (including phenoxy) is 3. The van der Waals surface area contributed by atoms with Crippen LogP contribution in [0.5, 0.6) is 11.8 Å². The summed E-state index contributed by atoms with van der Waals surface area (Å²) in [5, 5.41) is 5.06. The molecule has 7 rings (SSSR count). The van der Waals surface area contributed by atoms with E-state index in [4.69, 9.17) is 29.2 Å². The van der Waals surface area contributed by atoms with E-state index < -0.39 is 19.7 Å². The molecule has 2 saturated heterocycles. The van der Waals surface area contributed by atoms with Gasteiger partial charge in [-0.15, -0.1) is 5.54 Å². The largest absolute Gasteiger partial charge is 0.468 e. The van der Waals surface area contributed by atoms with Crippen LogP contribution in [-0.2, 0) is 4.74 Å². The predicted molar refractivity (Wildman–Crippen MR) is 210 cm³/mol. The topological polar surface area (TPSA) is 81.6 Å². The number of aromatic nitrogens is 3. The smallest absolute Gasteiger partial charge is 0.319 e. The molecule has 3 atom stereocenters. The molecule has 1 saturated carbocycles. The molecule has 53 heavy (non-hydrogen) atoms. The third-order valence-electron chi connectivity index (χ3n) is 12.1. The van der Waals surface area contributed by atoms with Crippen molar-refractivity contribution < 1.29 is 23.0 Å². The number of pyridine rings is 1. The number of hydrogen-bond donors (Lipinski definition) is 1. The number of nitrogens with zero attached hydrogens (tertiary/aromatic N) is 4. The number of hydrogen-bond acceptors (Lipinski definition) is 8. The van der Waals surface area contributed by atoms with E-state index in [0.717, 1.165) is 32.6 Å². The van der Waals surface area contributed by atoms with Crippen LogP contribution >= 0.6 is 0 Å². The van der Waals surface area contributed by atoms with Gasteiger partial charge in [0.15, 0.2) is 12.6 Å². The van der Waals surface area contributed by atoms with Gasteiger partial charge in [0, 0.05) is 49.8 Å². The second-order valence-electron chi connectivity index (χ2n) is 16.3. The molecule has 0 spiro atoms. The van der Waals surface area contributed by atoms with Crippen LogP contribution in [0.3, 0.4) is 0 Å². The molecular formula is C42H53F2N5O3Si. The van der Waals surface area contributed by atoms with Gasteiger partial charge in [-0.1, -0.05) is 53.5 Å². The minimum atomic E-state index is -2.24. The summed E-state index contributed by atoms with van der Waals surface area (Å²) in [4.78, 5) is 16.7. The van der Waals surface area contributed by atoms with Crippen LogP contribution in [0.4, 0.5) is 14.6 Å². The lowest BCUT2D eigenvalue weighted by Gasteiger charge is -2.38. The highest BCUT2D eigenvalue weighted by atomic mass is 28.3. The van der Waals surface area contributed by atoms with Crippen LogP contribution in [0.25, 0.3) is 32.9 Å². The molecule has 2 bridgehead atoms. The van der Waals surface area contributed by atoms with Crippen molar-refractivity contribution in [1.29, 1.82) is 0 Å². The number of methoxy groups -OCH3 is 1. The third-order valence-corrected chi connectivity index (χ3v) is 18.4. The summed E-state index contributed by atoms with van der Waals surface area (Å²) < 4.78 is 50.9. The predicted octanol–water partition coefficient (Wildman–Crippen LogP) is 8.90. The van der Waals surface area contributed by atoms with Crippen molar-refractivity contribution in [2.24, 2.45) is 17.8 Å². The number of anilines is 1. The monoisotopic (exact) mass is 741 g/mol. The summed E-state index contributed by atoms with van der Waals surface area (Å²) in [6.07, 6.45) is 6.29. The normalized spacial score (nSPS) is 20.2. The molecule has 282 valence electrons.